The lowest BCUT2D eigenvalue weighted by molar-refractivity contribution is -0.162. The second-order valence-corrected chi connectivity index (χ2v) is 16.3. The van der Waals surface area contributed by atoms with E-state index in [9.17, 15) is 9.59 Å². The molecule has 1 atom stereocenters. The molecule has 0 aliphatic carbocycles. The van der Waals surface area contributed by atoms with Crippen LogP contribution in [0.25, 0.3) is 0 Å². The molecule has 0 aromatic heterocycles. The largest absolute Gasteiger partial charge is 0.461 e. The van der Waals surface area contributed by atoms with Crippen LogP contribution in [0, 0.1) is 0 Å². The van der Waals surface area contributed by atoms with Crippen molar-refractivity contribution in [2.24, 2.45) is 0 Å². The van der Waals surface area contributed by atoms with Crippen LogP contribution in [0.5, 0.6) is 0 Å². The lowest BCUT2D eigenvalue weighted by Gasteiger charge is -2.18. The van der Waals surface area contributed by atoms with Gasteiger partial charge in [0.25, 0.3) is 0 Å². The van der Waals surface area contributed by atoms with E-state index in [1.807, 2.05) is 12.2 Å². The molecule has 352 valence electrons. The molecule has 62 heavy (non-hydrogen) atoms. The Morgan fingerprint density at radius 2 is 0.774 bits per heavy atom. The van der Waals surface area contributed by atoms with E-state index in [0.717, 1.165) is 96.3 Å². The van der Waals surface area contributed by atoms with Gasteiger partial charge in [0.2, 0.25) is 0 Å². The monoisotopic (exact) mass is 859 g/mol. The van der Waals surface area contributed by atoms with Gasteiger partial charge in [0.05, 0.1) is 13.0 Å². The number of hydrogen-bond donors (Lipinski definition) is 0. The summed E-state index contributed by atoms with van der Waals surface area (Å²) in [5.41, 5.74) is 0. The Kier molecular flexibility index (Phi) is 49.0. The average Bonchev–Trinajstić information content (AvgIpc) is 3.27. The third kappa shape index (κ3) is 49.2. The number of allylic oxidation sites excluding steroid dienone is 17. The average molecular weight is 859 g/mol. The van der Waals surface area contributed by atoms with Gasteiger partial charge in [-0.05, 0) is 83.5 Å². The fourth-order valence-electron chi connectivity index (χ4n) is 6.63. The first kappa shape index (κ1) is 58.6. The van der Waals surface area contributed by atoms with Crippen LogP contribution < -0.4 is 0 Å². The van der Waals surface area contributed by atoms with Crippen LogP contribution in [-0.2, 0) is 23.8 Å². The molecule has 0 spiro atoms. The Bertz CT molecular complexity index is 1250. The molecule has 0 N–H and O–H groups in total. The van der Waals surface area contributed by atoms with Crippen molar-refractivity contribution in [2.45, 2.75) is 219 Å². The van der Waals surface area contributed by atoms with Gasteiger partial charge in [0.1, 0.15) is 6.61 Å². The number of hydrogen-bond acceptors (Lipinski definition) is 5. The lowest BCUT2D eigenvalue weighted by Crippen LogP contribution is -2.30. The maximum atomic E-state index is 12.8. The van der Waals surface area contributed by atoms with Crippen LogP contribution in [0.15, 0.2) is 109 Å². The smallest absolute Gasteiger partial charge is 0.309 e. The summed E-state index contributed by atoms with van der Waals surface area (Å²) in [4.78, 5) is 25.3. The summed E-state index contributed by atoms with van der Waals surface area (Å²) in [5, 5.41) is 0. The van der Waals surface area contributed by atoms with Gasteiger partial charge in [-0.15, -0.1) is 0 Å². The molecule has 0 saturated heterocycles. The van der Waals surface area contributed by atoms with Gasteiger partial charge in [-0.2, -0.15) is 0 Å². The van der Waals surface area contributed by atoms with Crippen molar-refractivity contribution in [2.75, 3.05) is 19.8 Å². The minimum Gasteiger partial charge on any atom is -0.461 e. The first-order chi connectivity index (χ1) is 30.6. The predicted octanol–water partition coefficient (Wildman–Crippen LogP) is 17.2. The molecule has 0 heterocycles. The summed E-state index contributed by atoms with van der Waals surface area (Å²) in [7, 11) is 0. The molecule has 0 aliphatic heterocycles. The number of esters is 2. The van der Waals surface area contributed by atoms with Crippen LogP contribution in [0.4, 0.5) is 0 Å². The molecule has 1 unspecified atom stereocenters. The van der Waals surface area contributed by atoms with Gasteiger partial charge in [0.15, 0.2) is 6.10 Å². The van der Waals surface area contributed by atoms with E-state index < -0.39 is 6.10 Å². The van der Waals surface area contributed by atoms with Crippen LogP contribution in [0.1, 0.15) is 213 Å². The number of ether oxygens (including phenoxy) is 3. The Morgan fingerprint density at radius 3 is 1.24 bits per heavy atom. The quantitative estimate of drug-likeness (QED) is 0.0347. The van der Waals surface area contributed by atoms with E-state index in [4.69, 9.17) is 14.2 Å². The number of carbonyl (C=O) groups is 2. The minimum absolute atomic E-state index is 0.0190. The van der Waals surface area contributed by atoms with Gasteiger partial charge < -0.3 is 14.2 Å². The van der Waals surface area contributed by atoms with Crippen molar-refractivity contribution in [3.05, 3.63) is 109 Å². The molecule has 0 aliphatic rings. The number of carbonyl (C=O) groups excluding carboxylic acids is 2. The molecule has 0 aromatic carbocycles. The maximum Gasteiger partial charge on any atom is 0.309 e. The van der Waals surface area contributed by atoms with Gasteiger partial charge >= 0.3 is 11.9 Å². The highest BCUT2D eigenvalue weighted by molar-refractivity contribution is 5.71. The van der Waals surface area contributed by atoms with Crippen LogP contribution in [-0.4, -0.2) is 37.9 Å². The minimum atomic E-state index is -0.590. The topological polar surface area (TPSA) is 61.8 Å². The molecule has 0 radical (unpaired) electrons. The Hall–Kier alpha value is -3.44. The summed E-state index contributed by atoms with van der Waals surface area (Å²) in [5.74, 6) is -0.557. The summed E-state index contributed by atoms with van der Waals surface area (Å²) < 4.78 is 17.3. The predicted molar refractivity (Wildman–Crippen MR) is 269 cm³/mol. The van der Waals surface area contributed by atoms with E-state index in [0.29, 0.717) is 13.0 Å². The Morgan fingerprint density at radius 1 is 0.387 bits per heavy atom. The lowest BCUT2D eigenvalue weighted by atomic mass is 10.0. The SMILES string of the molecule is CC/C=C\C/C=C\C/C=C\C/C=C\C/C=C\CC(=O)OCC(COCCCCCCC/C=C\C/C=C\C/C=C\C/C=C\CC)OC(=O)CCCCCCCCCCCCCCC. The zero-order valence-corrected chi connectivity index (χ0v) is 40.3. The summed E-state index contributed by atoms with van der Waals surface area (Å²) >= 11 is 0. The fraction of sp³-hybridized carbons (Fsp3) is 0.649. The van der Waals surface area contributed by atoms with Crippen molar-refractivity contribution in [1.82, 2.24) is 0 Å². The highest BCUT2D eigenvalue weighted by atomic mass is 16.6. The summed E-state index contributed by atoms with van der Waals surface area (Å²) in [6.07, 6.45) is 71.2. The van der Waals surface area contributed by atoms with Gasteiger partial charge in [-0.3, -0.25) is 9.59 Å². The van der Waals surface area contributed by atoms with Crippen LogP contribution in [0.3, 0.4) is 0 Å². The molecule has 0 rings (SSSR count). The summed E-state index contributed by atoms with van der Waals surface area (Å²) in [6, 6.07) is 0. The second kappa shape index (κ2) is 51.9. The van der Waals surface area contributed by atoms with Gasteiger partial charge in [0, 0.05) is 13.0 Å². The highest BCUT2D eigenvalue weighted by Gasteiger charge is 2.17. The molecule has 0 amide bonds. The third-order valence-electron chi connectivity index (χ3n) is 10.3. The molecule has 0 bridgehead atoms. The standard InChI is InChI=1S/C57H94O5/c1-4-7-10-13-16-19-22-25-27-28-29-31-34-37-40-43-46-49-52-60-53-55(62-57(59)51-48-45-42-39-36-32-24-21-18-15-12-9-6-3)54-61-56(58)50-47-44-41-38-35-33-30-26-23-20-17-14-11-8-5-2/h7-8,10-11,16-17,19-20,25-27,29-31,35,38,44,47,55H,4-6,9,12-15,18,21-24,28,32-34,36-37,39-43,45-46,48-54H2,1-3H3/b10-7-,11-8-,19-16-,20-17-,27-25-,30-26-,31-29-,38-35-,47-44-. The molecular weight excluding hydrogens is 765 g/mol. The highest BCUT2D eigenvalue weighted by Crippen LogP contribution is 2.14. The summed E-state index contributed by atoms with van der Waals surface area (Å²) in [6.45, 7) is 7.45. The number of rotatable bonds is 45. The normalized spacial score (nSPS) is 13.1. The first-order valence-corrected chi connectivity index (χ1v) is 25.4. The van der Waals surface area contributed by atoms with Crippen molar-refractivity contribution in [1.29, 1.82) is 0 Å². The zero-order chi connectivity index (χ0) is 44.9. The molecular formula is C57H94O5. The Labute approximate surface area is 383 Å². The van der Waals surface area contributed by atoms with Crippen LogP contribution >= 0.6 is 0 Å². The van der Waals surface area contributed by atoms with Crippen LogP contribution in [0.2, 0.25) is 0 Å². The molecule has 0 saturated carbocycles. The van der Waals surface area contributed by atoms with Gasteiger partial charge in [-0.1, -0.05) is 226 Å². The molecule has 0 fully saturated rings. The Balaban J connectivity index is 4.43. The zero-order valence-electron chi connectivity index (χ0n) is 40.3. The second-order valence-electron chi connectivity index (χ2n) is 16.3. The van der Waals surface area contributed by atoms with E-state index in [-0.39, 0.29) is 31.6 Å². The fourth-order valence-corrected chi connectivity index (χ4v) is 6.63. The third-order valence-corrected chi connectivity index (χ3v) is 10.3. The van der Waals surface area contributed by atoms with E-state index in [1.165, 1.54) is 83.5 Å². The van der Waals surface area contributed by atoms with Crippen molar-refractivity contribution in [3.8, 4) is 0 Å². The maximum absolute atomic E-state index is 12.8. The first-order valence-electron chi connectivity index (χ1n) is 25.4. The van der Waals surface area contributed by atoms with Crippen molar-refractivity contribution < 1.29 is 23.8 Å². The molecule has 0 aromatic rings. The molecule has 5 nitrogen and oxygen atoms in total. The van der Waals surface area contributed by atoms with Crippen molar-refractivity contribution >= 4 is 11.9 Å². The number of unbranched alkanes of at least 4 members (excludes halogenated alkanes) is 17. The van der Waals surface area contributed by atoms with Crippen molar-refractivity contribution in [3.63, 3.8) is 0 Å². The van der Waals surface area contributed by atoms with E-state index >= 15 is 0 Å². The molecule has 5 heteroatoms. The van der Waals surface area contributed by atoms with E-state index in [1.54, 1.807) is 0 Å². The van der Waals surface area contributed by atoms with Gasteiger partial charge in [-0.25, -0.2) is 0 Å². The van der Waals surface area contributed by atoms with E-state index in [2.05, 4.69) is 118 Å².